The summed E-state index contributed by atoms with van der Waals surface area (Å²) in [7, 11) is 0. The molecule has 0 unspecified atom stereocenters. The molecule has 2 aliphatic rings. The number of aliphatic carboxylic acids is 1. The topological polar surface area (TPSA) is 75.8 Å². The molecule has 6 nitrogen and oxygen atoms in total. The van der Waals surface area contributed by atoms with Crippen LogP contribution in [0.4, 0.5) is 0 Å². The molecule has 188 valence electrons. The van der Waals surface area contributed by atoms with Gasteiger partial charge in [0.05, 0.1) is 6.04 Å². The summed E-state index contributed by atoms with van der Waals surface area (Å²) in [5.41, 5.74) is 5.31. The van der Waals surface area contributed by atoms with Gasteiger partial charge in [0, 0.05) is 17.2 Å². The Hall–Kier alpha value is -3.90. The smallest absolute Gasteiger partial charge is 0.341 e. The third-order valence-corrected chi connectivity index (χ3v) is 7.49. The molecule has 3 aromatic carbocycles. The van der Waals surface area contributed by atoms with E-state index in [0.717, 1.165) is 72.7 Å². The van der Waals surface area contributed by atoms with Crippen molar-refractivity contribution in [2.45, 2.75) is 44.2 Å². The number of fused-ring (bicyclic) bond motifs is 1. The van der Waals surface area contributed by atoms with E-state index >= 15 is 0 Å². The highest BCUT2D eigenvalue weighted by atomic mass is 16.5. The van der Waals surface area contributed by atoms with Crippen molar-refractivity contribution in [2.75, 3.05) is 13.2 Å². The predicted octanol–water partition coefficient (Wildman–Crippen LogP) is 6.69. The Morgan fingerprint density at radius 1 is 0.919 bits per heavy atom. The third-order valence-electron chi connectivity index (χ3n) is 7.49. The lowest BCUT2D eigenvalue weighted by molar-refractivity contribution is -0.139. The number of ether oxygens (including phenoxy) is 1. The van der Waals surface area contributed by atoms with Crippen LogP contribution < -0.4 is 4.74 Å². The quantitative estimate of drug-likeness (QED) is 0.309. The number of carbonyl (C=O) groups is 1. The lowest BCUT2D eigenvalue weighted by Gasteiger charge is -2.36. The van der Waals surface area contributed by atoms with Crippen LogP contribution in [-0.2, 0) is 11.2 Å². The highest BCUT2D eigenvalue weighted by Crippen LogP contribution is 2.46. The highest BCUT2D eigenvalue weighted by Gasteiger charge is 2.38. The largest absolute Gasteiger partial charge is 0.482 e. The van der Waals surface area contributed by atoms with Gasteiger partial charge in [0.2, 0.25) is 5.89 Å². The second-order valence-corrected chi connectivity index (χ2v) is 9.77. The molecule has 2 heterocycles. The lowest BCUT2D eigenvalue weighted by atomic mass is 9.86. The number of benzene rings is 3. The van der Waals surface area contributed by atoms with Crippen molar-refractivity contribution in [1.82, 2.24) is 9.88 Å². The van der Waals surface area contributed by atoms with Gasteiger partial charge in [0.1, 0.15) is 11.4 Å². The van der Waals surface area contributed by atoms with Crippen molar-refractivity contribution in [3.63, 3.8) is 0 Å². The maximum atomic E-state index is 11.1. The van der Waals surface area contributed by atoms with Crippen molar-refractivity contribution >= 4 is 5.97 Å². The summed E-state index contributed by atoms with van der Waals surface area (Å²) in [6.07, 6.45) is 5.04. The number of carboxylic acids is 1. The normalized spacial score (nSPS) is 19.5. The van der Waals surface area contributed by atoms with E-state index in [1.165, 1.54) is 5.56 Å². The van der Waals surface area contributed by atoms with E-state index in [2.05, 4.69) is 35.2 Å². The van der Waals surface area contributed by atoms with Crippen LogP contribution in [0.2, 0.25) is 0 Å². The Labute approximate surface area is 216 Å². The monoisotopic (exact) mass is 494 g/mol. The van der Waals surface area contributed by atoms with E-state index in [0.29, 0.717) is 5.75 Å². The van der Waals surface area contributed by atoms with Gasteiger partial charge in [0.15, 0.2) is 12.4 Å². The fourth-order valence-electron chi connectivity index (χ4n) is 5.89. The molecule has 1 aromatic heterocycles. The van der Waals surface area contributed by atoms with Crippen molar-refractivity contribution in [3.8, 4) is 28.3 Å². The van der Waals surface area contributed by atoms with Crippen LogP contribution in [-0.4, -0.2) is 34.1 Å². The Bertz CT molecular complexity index is 1330. The minimum Gasteiger partial charge on any atom is -0.482 e. The van der Waals surface area contributed by atoms with Crippen LogP contribution in [0.25, 0.3) is 22.6 Å². The number of hydrogen-bond acceptors (Lipinski definition) is 5. The maximum Gasteiger partial charge on any atom is 0.341 e. The van der Waals surface area contributed by atoms with Gasteiger partial charge < -0.3 is 14.3 Å². The molecule has 37 heavy (non-hydrogen) atoms. The number of likely N-dealkylation sites (tertiary alicyclic amines) is 1. The fraction of sp³-hybridized carbons (Fsp3) is 0.290. The van der Waals surface area contributed by atoms with Gasteiger partial charge in [-0.25, -0.2) is 9.78 Å². The van der Waals surface area contributed by atoms with Gasteiger partial charge in [-0.2, -0.15) is 0 Å². The van der Waals surface area contributed by atoms with Gasteiger partial charge in [-0.05, 0) is 55.8 Å². The van der Waals surface area contributed by atoms with Gasteiger partial charge in [-0.3, -0.25) is 4.90 Å². The second kappa shape index (κ2) is 10.2. The summed E-state index contributed by atoms with van der Waals surface area (Å²) in [5.74, 6) is 1.30. The van der Waals surface area contributed by atoms with Crippen molar-refractivity contribution < 1.29 is 19.1 Å². The first-order valence-corrected chi connectivity index (χ1v) is 13.0. The zero-order valence-corrected chi connectivity index (χ0v) is 20.7. The minimum atomic E-state index is -0.961. The second-order valence-electron chi connectivity index (χ2n) is 9.77. The molecule has 1 N–H and O–H groups in total. The molecule has 1 fully saturated rings. The molecule has 0 amide bonds. The number of rotatable bonds is 7. The molecule has 0 spiro atoms. The summed E-state index contributed by atoms with van der Waals surface area (Å²) in [6.45, 7) is 0.646. The number of hydrogen-bond donors (Lipinski definition) is 1. The van der Waals surface area contributed by atoms with E-state index in [9.17, 15) is 4.79 Å². The maximum absolute atomic E-state index is 11.1. The van der Waals surface area contributed by atoms with Crippen LogP contribution in [0, 0.1) is 0 Å². The SMILES string of the molecule is O=C(O)COc1cccc2c1CCC[C@@H]2N1CCC[C@@H]1c1nc(-c2ccccc2)c(-c2ccccc2)o1. The fourth-order valence-corrected chi connectivity index (χ4v) is 5.89. The molecular weight excluding hydrogens is 464 g/mol. The number of oxazole rings is 1. The molecular formula is C31H30N2O4. The average Bonchev–Trinajstić information content (AvgIpc) is 3.60. The van der Waals surface area contributed by atoms with Crippen LogP contribution in [0.1, 0.15) is 54.8 Å². The molecule has 4 aromatic rings. The first-order chi connectivity index (χ1) is 18.2. The van der Waals surface area contributed by atoms with Gasteiger partial charge in [0.25, 0.3) is 0 Å². The molecule has 6 heteroatoms. The zero-order chi connectivity index (χ0) is 25.2. The van der Waals surface area contributed by atoms with E-state index in [-0.39, 0.29) is 18.7 Å². The van der Waals surface area contributed by atoms with Crippen molar-refractivity contribution in [3.05, 3.63) is 95.9 Å². The van der Waals surface area contributed by atoms with Crippen molar-refractivity contribution in [2.24, 2.45) is 0 Å². The summed E-state index contributed by atoms with van der Waals surface area (Å²) >= 11 is 0. The Balaban J connectivity index is 1.36. The van der Waals surface area contributed by atoms with Crippen LogP contribution in [0.5, 0.6) is 5.75 Å². The summed E-state index contributed by atoms with van der Waals surface area (Å²) in [6, 6.07) is 26.8. The summed E-state index contributed by atoms with van der Waals surface area (Å²) < 4.78 is 12.3. The molecule has 1 aliphatic carbocycles. The van der Waals surface area contributed by atoms with Crippen molar-refractivity contribution in [1.29, 1.82) is 0 Å². The van der Waals surface area contributed by atoms with Gasteiger partial charge in [-0.15, -0.1) is 0 Å². The van der Waals surface area contributed by atoms with Crippen LogP contribution in [0.3, 0.4) is 0 Å². The highest BCUT2D eigenvalue weighted by molar-refractivity contribution is 5.76. The molecule has 0 bridgehead atoms. The summed E-state index contributed by atoms with van der Waals surface area (Å²) in [5, 5.41) is 9.10. The molecule has 0 saturated carbocycles. The Morgan fingerprint density at radius 3 is 2.41 bits per heavy atom. The van der Waals surface area contributed by atoms with E-state index < -0.39 is 5.97 Å². The molecule has 2 atom stereocenters. The Kier molecular flexibility index (Phi) is 6.49. The molecule has 1 aliphatic heterocycles. The van der Waals surface area contributed by atoms with Crippen LogP contribution >= 0.6 is 0 Å². The first-order valence-electron chi connectivity index (χ1n) is 13.0. The summed E-state index contributed by atoms with van der Waals surface area (Å²) in [4.78, 5) is 18.7. The average molecular weight is 495 g/mol. The van der Waals surface area contributed by atoms with E-state index in [1.54, 1.807) is 0 Å². The van der Waals surface area contributed by atoms with Crippen LogP contribution in [0.15, 0.2) is 83.3 Å². The predicted molar refractivity (Wildman–Crippen MR) is 141 cm³/mol. The van der Waals surface area contributed by atoms with E-state index in [1.807, 2.05) is 48.5 Å². The van der Waals surface area contributed by atoms with E-state index in [4.69, 9.17) is 19.2 Å². The molecule has 1 saturated heterocycles. The standard InChI is InChI=1S/C31H30N2O4/c34-28(35)20-36-27-18-8-14-23-24(27)15-7-16-25(23)33-19-9-17-26(33)31-32-29(21-10-3-1-4-11-21)30(37-31)22-12-5-2-6-13-22/h1-6,8,10-14,18,25-26H,7,9,15-17,19-20H2,(H,34,35)/t25-,26+/m0/s1. The Morgan fingerprint density at radius 2 is 1.65 bits per heavy atom. The number of carboxylic acid groups (broad SMARTS) is 1. The first kappa shape index (κ1) is 23.5. The van der Waals surface area contributed by atoms with Gasteiger partial charge in [-0.1, -0.05) is 72.8 Å². The zero-order valence-electron chi connectivity index (χ0n) is 20.7. The molecule has 0 radical (unpaired) electrons. The third kappa shape index (κ3) is 4.65. The molecule has 6 rings (SSSR count). The lowest BCUT2D eigenvalue weighted by Crippen LogP contribution is -2.31. The number of nitrogens with zero attached hydrogens (tertiary/aromatic N) is 2. The van der Waals surface area contributed by atoms with Gasteiger partial charge >= 0.3 is 5.97 Å². The minimum absolute atomic E-state index is 0.0828. The number of aromatic nitrogens is 1.